The third-order valence-corrected chi connectivity index (χ3v) is 5.29. The van der Waals surface area contributed by atoms with Gasteiger partial charge in [-0.05, 0) is 36.6 Å². The van der Waals surface area contributed by atoms with Gasteiger partial charge in [0.05, 0.1) is 20.8 Å². The number of nitrogens with one attached hydrogen (secondary N) is 1. The van der Waals surface area contributed by atoms with Gasteiger partial charge in [-0.1, -0.05) is 12.1 Å². The molecule has 1 saturated heterocycles. The van der Waals surface area contributed by atoms with E-state index in [9.17, 15) is 14.7 Å². The number of methoxy groups -OCH3 is 2. The highest BCUT2D eigenvalue weighted by atomic mass is 16.5. The minimum atomic E-state index is -0.118. The fourth-order valence-corrected chi connectivity index (χ4v) is 3.68. The topological polar surface area (TPSA) is 91.3 Å². The van der Waals surface area contributed by atoms with Crippen LogP contribution in [0.15, 0.2) is 36.4 Å². The summed E-state index contributed by atoms with van der Waals surface area (Å²) in [6, 6.07) is 10.8. The van der Waals surface area contributed by atoms with Gasteiger partial charge in [-0.2, -0.15) is 0 Å². The van der Waals surface area contributed by atoms with E-state index in [2.05, 4.69) is 5.32 Å². The van der Waals surface area contributed by atoms with E-state index < -0.39 is 0 Å². The van der Waals surface area contributed by atoms with Crippen LogP contribution >= 0.6 is 0 Å². The summed E-state index contributed by atoms with van der Waals surface area (Å²) in [5.41, 5.74) is 2.60. The van der Waals surface area contributed by atoms with Crippen molar-refractivity contribution in [3.05, 3.63) is 47.5 Å². The third kappa shape index (κ3) is 5.39. The Morgan fingerprint density at radius 1 is 1.10 bits per heavy atom. The Hall–Kier alpha value is -3.42. The summed E-state index contributed by atoms with van der Waals surface area (Å²) in [7, 11) is 3.10. The van der Waals surface area contributed by atoms with Gasteiger partial charge >= 0.3 is 6.03 Å². The normalized spacial score (nSPS) is 13.8. The quantitative estimate of drug-likeness (QED) is 0.676. The third-order valence-electron chi connectivity index (χ3n) is 5.29. The van der Waals surface area contributed by atoms with Gasteiger partial charge in [-0.25, -0.2) is 4.79 Å². The highest BCUT2D eigenvalue weighted by Crippen LogP contribution is 2.32. The first-order valence-corrected chi connectivity index (χ1v) is 10.3. The van der Waals surface area contributed by atoms with Crippen molar-refractivity contribution in [2.75, 3.05) is 38.8 Å². The number of benzene rings is 2. The molecule has 2 N–H and O–H groups in total. The number of aromatic hydroxyl groups is 1. The Bertz CT molecular complexity index is 947. The fraction of sp³-hybridized carbons (Fsp3) is 0.391. The van der Waals surface area contributed by atoms with Crippen molar-refractivity contribution < 1.29 is 24.2 Å². The van der Waals surface area contributed by atoms with Crippen LogP contribution in [0, 0.1) is 0 Å². The standard InChI is InChI=1S/C23H29N3O5/c1-16(27)24-10-9-17-5-6-18(22(13-17)31-3)15-25-11-4-12-26(23(25)29)19-7-8-21(30-2)20(28)14-19/h5-8,13-14,28H,4,9-12,15H2,1-3H3,(H,24,27). The molecule has 1 aliphatic rings. The lowest BCUT2D eigenvalue weighted by Crippen LogP contribution is -2.49. The Balaban J connectivity index is 1.72. The second-order valence-corrected chi connectivity index (χ2v) is 7.44. The van der Waals surface area contributed by atoms with E-state index in [0.29, 0.717) is 49.8 Å². The number of carbonyl (C=O) groups excluding carboxylic acids is 2. The molecule has 0 radical (unpaired) electrons. The molecule has 0 spiro atoms. The van der Waals surface area contributed by atoms with Gasteiger partial charge in [0.25, 0.3) is 0 Å². The molecule has 8 nitrogen and oxygen atoms in total. The number of carbonyl (C=O) groups is 2. The summed E-state index contributed by atoms with van der Waals surface area (Å²) < 4.78 is 10.6. The molecule has 0 bridgehead atoms. The van der Waals surface area contributed by atoms with Crippen molar-refractivity contribution in [2.24, 2.45) is 0 Å². The van der Waals surface area contributed by atoms with Gasteiger partial charge in [-0.15, -0.1) is 0 Å². The highest BCUT2D eigenvalue weighted by molar-refractivity contribution is 5.93. The highest BCUT2D eigenvalue weighted by Gasteiger charge is 2.28. The van der Waals surface area contributed by atoms with Crippen molar-refractivity contribution >= 4 is 17.6 Å². The number of ether oxygens (including phenoxy) is 2. The van der Waals surface area contributed by atoms with Gasteiger partial charge in [0.2, 0.25) is 5.91 Å². The minimum Gasteiger partial charge on any atom is -0.504 e. The largest absolute Gasteiger partial charge is 0.504 e. The van der Waals surface area contributed by atoms with Gasteiger partial charge in [-0.3, -0.25) is 9.69 Å². The van der Waals surface area contributed by atoms with Crippen molar-refractivity contribution in [3.63, 3.8) is 0 Å². The van der Waals surface area contributed by atoms with Crippen LogP contribution < -0.4 is 19.7 Å². The predicted molar refractivity (Wildman–Crippen MR) is 118 cm³/mol. The predicted octanol–water partition coefficient (Wildman–Crippen LogP) is 2.92. The minimum absolute atomic E-state index is 0.00134. The zero-order valence-electron chi connectivity index (χ0n) is 18.2. The van der Waals surface area contributed by atoms with Crippen LogP contribution in [0.2, 0.25) is 0 Å². The lowest BCUT2D eigenvalue weighted by Gasteiger charge is -2.36. The van der Waals surface area contributed by atoms with Gasteiger partial charge in [0.15, 0.2) is 11.5 Å². The van der Waals surface area contributed by atoms with Crippen molar-refractivity contribution in [3.8, 4) is 17.2 Å². The summed E-state index contributed by atoms with van der Waals surface area (Å²) >= 11 is 0. The smallest absolute Gasteiger partial charge is 0.324 e. The van der Waals surface area contributed by atoms with E-state index in [1.807, 2.05) is 18.2 Å². The maximum atomic E-state index is 13.1. The summed E-state index contributed by atoms with van der Waals surface area (Å²) in [4.78, 5) is 27.6. The average molecular weight is 428 g/mol. The Morgan fingerprint density at radius 3 is 2.55 bits per heavy atom. The maximum Gasteiger partial charge on any atom is 0.324 e. The molecule has 8 heteroatoms. The Kier molecular flexibility index (Phi) is 7.23. The van der Waals surface area contributed by atoms with Crippen LogP contribution in [0.5, 0.6) is 17.2 Å². The fourth-order valence-electron chi connectivity index (χ4n) is 3.68. The molecule has 166 valence electrons. The molecule has 1 fully saturated rings. The number of phenolic OH excluding ortho intramolecular Hbond substituents is 1. The molecular formula is C23H29N3O5. The van der Waals surface area contributed by atoms with Crippen LogP contribution in [0.3, 0.4) is 0 Å². The van der Waals surface area contributed by atoms with Gasteiger partial charge in [0.1, 0.15) is 5.75 Å². The SMILES string of the molecule is COc1ccc(N2CCCN(Cc3ccc(CCNC(C)=O)cc3OC)C2=O)cc1O. The van der Waals surface area contributed by atoms with Crippen molar-refractivity contribution in [1.29, 1.82) is 0 Å². The average Bonchev–Trinajstić information content (AvgIpc) is 2.75. The van der Waals surface area contributed by atoms with Crippen molar-refractivity contribution in [1.82, 2.24) is 10.2 Å². The van der Waals surface area contributed by atoms with Crippen LogP contribution in [0.25, 0.3) is 0 Å². The Labute approximate surface area is 182 Å². The van der Waals surface area contributed by atoms with E-state index in [-0.39, 0.29) is 17.7 Å². The zero-order valence-corrected chi connectivity index (χ0v) is 18.2. The monoisotopic (exact) mass is 427 g/mol. The van der Waals surface area contributed by atoms with Gasteiger partial charge in [0, 0.05) is 43.9 Å². The first-order chi connectivity index (χ1) is 14.9. The molecule has 0 aliphatic carbocycles. The molecule has 0 saturated carbocycles. The lowest BCUT2D eigenvalue weighted by atomic mass is 10.1. The van der Waals surface area contributed by atoms with Crippen LogP contribution in [0.1, 0.15) is 24.5 Å². The lowest BCUT2D eigenvalue weighted by molar-refractivity contribution is -0.118. The molecule has 1 aliphatic heterocycles. The molecule has 31 heavy (non-hydrogen) atoms. The first kappa shape index (κ1) is 22.3. The molecule has 2 aromatic rings. The van der Waals surface area contributed by atoms with E-state index in [1.54, 1.807) is 35.1 Å². The first-order valence-electron chi connectivity index (χ1n) is 10.3. The molecule has 0 aromatic heterocycles. The maximum absolute atomic E-state index is 13.1. The number of amides is 3. The number of nitrogens with zero attached hydrogens (tertiary/aromatic N) is 2. The number of phenols is 1. The van der Waals surface area contributed by atoms with E-state index in [1.165, 1.54) is 14.0 Å². The van der Waals surface area contributed by atoms with Crippen LogP contribution in [-0.2, 0) is 17.8 Å². The van der Waals surface area contributed by atoms with E-state index in [0.717, 1.165) is 17.5 Å². The zero-order chi connectivity index (χ0) is 22.4. The van der Waals surface area contributed by atoms with Crippen LogP contribution in [0.4, 0.5) is 10.5 Å². The summed E-state index contributed by atoms with van der Waals surface area (Å²) in [6.07, 6.45) is 1.52. The van der Waals surface area contributed by atoms with Gasteiger partial charge < -0.3 is 24.8 Å². The molecule has 1 heterocycles. The number of hydrogen-bond donors (Lipinski definition) is 2. The Morgan fingerprint density at radius 2 is 1.87 bits per heavy atom. The van der Waals surface area contributed by atoms with Crippen LogP contribution in [-0.4, -0.2) is 55.8 Å². The summed E-state index contributed by atoms with van der Waals surface area (Å²) in [5.74, 6) is 1.03. The molecule has 3 amide bonds. The van der Waals surface area contributed by atoms with E-state index in [4.69, 9.17) is 9.47 Å². The number of rotatable bonds is 8. The number of anilines is 1. The second-order valence-electron chi connectivity index (χ2n) is 7.44. The molecule has 0 unspecified atom stereocenters. The van der Waals surface area contributed by atoms with Crippen molar-refractivity contribution in [2.45, 2.75) is 26.3 Å². The number of hydrogen-bond acceptors (Lipinski definition) is 5. The van der Waals surface area contributed by atoms with E-state index >= 15 is 0 Å². The second kappa shape index (κ2) is 10.1. The molecule has 3 rings (SSSR count). The summed E-state index contributed by atoms with van der Waals surface area (Å²) in [5, 5.41) is 12.9. The summed E-state index contributed by atoms with van der Waals surface area (Å²) in [6.45, 7) is 3.71. The number of urea groups is 1. The molecular weight excluding hydrogens is 398 g/mol. The molecule has 0 atom stereocenters. The molecule has 2 aromatic carbocycles.